The number of carbonyl (C=O) groups is 2. The maximum atomic E-state index is 12.5. The van der Waals surface area contributed by atoms with Gasteiger partial charge in [-0.25, -0.2) is 0 Å². The zero-order chi connectivity index (χ0) is 29.1. The fraction of sp³-hybridized carbons (Fsp3) is 0.414. The second-order valence-corrected chi connectivity index (χ2v) is 9.35. The number of hydrogen-bond acceptors (Lipinski definition) is 8. The van der Waals surface area contributed by atoms with Crippen molar-refractivity contribution in [3.8, 4) is 5.75 Å². The van der Waals surface area contributed by atoms with E-state index >= 15 is 0 Å². The molecule has 1 saturated heterocycles. The molecule has 1 fully saturated rings. The quantitative estimate of drug-likeness (QED) is 0.153. The summed E-state index contributed by atoms with van der Waals surface area (Å²) < 4.78 is 11.6. The lowest BCUT2D eigenvalue weighted by atomic mass is 9.89. The van der Waals surface area contributed by atoms with E-state index in [9.17, 15) is 29.7 Å². The van der Waals surface area contributed by atoms with Crippen molar-refractivity contribution < 1.29 is 34.4 Å². The summed E-state index contributed by atoms with van der Waals surface area (Å²) in [6.07, 6.45) is 10.5. The van der Waals surface area contributed by atoms with Crippen molar-refractivity contribution in [3.05, 3.63) is 87.9 Å². The minimum absolute atomic E-state index is 0.113. The summed E-state index contributed by atoms with van der Waals surface area (Å²) in [5.74, 6) is -1.40. The Balaban J connectivity index is 2.02. The summed E-state index contributed by atoms with van der Waals surface area (Å²) in [4.78, 5) is 37.6. The van der Waals surface area contributed by atoms with E-state index in [-0.39, 0.29) is 29.1 Å². The van der Waals surface area contributed by atoms with E-state index in [1.807, 2.05) is 26.0 Å². The lowest BCUT2D eigenvalue weighted by Crippen LogP contribution is -2.40. The van der Waals surface area contributed by atoms with E-state index in [1.54, 1.807) is 37.5 Å². The van der Waals surface area contributed by atoms with Crippen LogP contribution in [0.25, 0.3) is 0 Å². The second-order valence-electron chi connectivity index (χ2n) is 9.35. The Morgan fingerprint density at radius 1 is 1.13 bits per heavy atom. The zero-order valence-corrected chi connectivity index (χ0v) is 22.8. The lowest BCUT2D eigenvalue weighted by Gasteiger charge is -2.29. The van der Waals surface area contributed by atoms with Gasteiger partial charge in [0, 0.05) is 32.7 Å². The second kappa shape index (κ2) is 15.1. The highest BCUT2D eigenvalue weighted by molar-refractivity contribution is 6.09. The topological polar surface area (TPSA) is 158 Å². The van der Waals surface area contributed by atoms with Crippen LogP contribution in [0.1, 0.15) is 38.1 Å². The van der Waals surface area contributed by atoms with Crippen molar-refractivity contribution in [3.63, 3.8) is 0 Å². The first-order chi connectivity index (χ1) is 18.5. The van der Waals surface area contributed by atoms with Gasteiger partial charge in [0.15, 0.2) is 5.78 Å². The molecule has 5 N–H and O–H groups in total. The number of hydrogen-bond donors (Lipinski definition) is 5. The maximum absolute atomic E-state index is 12.5. The molecule has 0 saturated carbocycles. The van der Waals surface area contributed by atoms with Crippen molar-refractivity contribution >= 4 is 11.7 Å². The number of allylic oxidation sites excluding steroid dienone is 7. The molecule has 0 aromatic carbocycles. The summed E-state index contributed by atoms with van der Waals surface area (Å²) >= 11 is 0. The van der Waals surface area contributed by atoms with Gasteiger partial charge in [0.2, 0.25) is 5.91 Å². The van der Waals surface area contributed by atoms with Gasteiger partial charge in [-0.15, -0.1) is 0 Å². The fourth-order valence-electron chi connectivity index (χ4n) is 4.30. The normalized spacial score (nSPS) is 24.1. The molecule has 1 aliphatic rings. The van der Waals surface area contributed by atoms with E-state index in [2.05, 4.69) is 10.3 Å². The molecule has 2 heterocycles. The molecule has 212 valence electrons. The van der Waals surface area contributed by atoms with E-state index in [1.165, 1.54) is 32.2 Å². The average Bonchev–Trinajstić information content (AvgIpc) is 3.16. The smallest absolute Gasteiger partial charge is 0.262 e. The Morgan fingerprint density at radius 2 is 1.85 bits per heavy atom. The van der Waals surface area contributed by atoms with Gasteiger partial charge in [-0.1, -0.05) is 55.5 Å². The highest BCUT2D eigenvalue weighted by Crippen LogP contribution is 2.32. The summed E-state index contributed by atoms with van der Waals surface area (Å²) in [5, 5.41) is 33.7. The third kappa shape index (κ3) is 8.72. The Kier molecular flexibility index (Phi) is 12.3. The van der Waals surface area contributed by atoms with E-state index in [0.717, 1.165) is 5.57 Å². The summed E-state index contributed by atoms with van der Waals surface area (Å²) in [5.41, 5.74) is 0.129. The molecule has 1 aromatic rings. The first kappa shape index (κ1) is 31.6. The van der Waals surface area contributed by atoms with E-state index in [0.29, 0.717) is 6.54 Å². The molecular formula is C29H38N2O8. The Hall–Kier alpha value is -3.57. The van der Waals surface area contributed by atoms with Crippen LogP contribution >= 0.6 is 0 Å². The zero-order valence-electron chi connectivity index (χ0n) is 22.8. The Morgan fingerprint density at radius 3 is 2.49 bits per heavy atom. The lowest BCUT2D eigenvalue weighted by molar-refractivity contribution is -0.118. The number of pyridine rings is 1. The summed E-state index contributed by atoms with van der Waals surface area (Å²) in [7, 11) is 1.56. The van der Waals surface area contributed by atoms with Crippen LogP contribution in [0, 0.1) is 5.92 Å². The Bertz CT molecular complexity index is 1210. The van der Waals surface area contributed by atoms with Crippen LogP contribution in [-0.2, 0) is 14.3 Å². The summed E-state index contributed by atoms with van der Waals surface area (Å²) in [6.45, 7) is 7.15. The van der Waals surface area contributed by atoms with Crippen molar-refractivity contribution in [1.82, 2.24) is 10.3 Å². The number of aromatic amines is 1. The SMILES string of the molecule is CO[C@H](/C(C)=C/C=C/CNC(C)=O)[C@@H](C)C1OC(/C=C/C=C/C=C(\C)C(=O)c2c(O)cc[nH]c2=O)[C@H](O)[C@@H]1O. The number of carbonyl (C=O) groups excluding carboxylic acids is 2. The molecule has 2 unspecified atom stereocenters. The van der Waals surface area contributed by atoms with Crippen LogP contribution in [0.3, 0.4) is 0 Å². The van der Waals surface area contributed by atoms with Gasteiger partial charge in [0.1, 0.15) is 29.6 Å². The van der Waals surface area contributed by atoms with Crippen LogP contribution < -0.4 is 10.9 Å². The van der Waals surface area contributed by atoms with Gasteiger partial charge in [-0.05, 0) is 31.1 Å². The molecular weight excluding hydrogens is 504 g/mol. The van der Waals surface area contributed by atoms with Gasteiger partial charge in [-0.2, -0.15) is 0 Å². The number of aliphatic hydroxyl groups excluding tert-OH is 2. The van der Waals surface area contributed by atoms with Gasteiger partial charge in [-0.3, -0.25) is 14.4 Å². The molecule has 0 aliphatic carbocycles. The van der Waals surface area contributed by atoms with Crippen LogP contribution in [0.5, 0.6) is 5.75 Å². The largest absolute Gasteiger partial charge is 0.507 e. The predicted molar refractivity (Wildman–Crippen MR) is 147 cm³/mol. The number of ether oxygens (including phenoxy) is 2. The van der Waals surface area contributed by atoms with Gasteiger partial charge < -0.3 is 35.1 Å². The fourth-order valence-corrected chi connectivity index (χ4v) is 4.30. The van der Waals surface area contributed by atoms with Crippen LogP contribution in [-0.4, -0.2) is 76.2 Å². The van der Waals surface area contributed by atoms with E-state index in [4.69, 9.17) is 9.47 Å². The molecule has 1 aliphatic heterocycles. The van der Waals surface area contributed by atoms with Crippen molar-refractivity contribution in [2.45, 2.75) is 58.2 Å². The van der Waals surface area contributed by atoms with Crippen LogP contribution in [0.4, 0.5) is 0 Å². The number of Topliss-reactive ketones (excluding diaryl/α,β-unsaturated/α-hetero) is 1. The number of amides is 1. The minimum atomic E-state index is -1.15. The standard InChI is InChI=1S/C29H38N2O8/c1-17(24(34)23-21(33)14-16-31-29(23)37)11-7-6-8-13-22-25(35)26(36)28(39-22)19(3)27(38-5)18(2)12-9-10-15-30-20(4)32/h6-14,16,19,22,25-28,35-36H,15H2,1-5H3,(H,30,32)(H2,31,33,37)/b7-6+,10-9+,13-8+,17-11+,18-12+/t19-,22?,25+,26+,27-,28?/m1/s1. The first-order valence-electron chi connectivity index (χ1n) is 12.6. The number of aliphatic hydroxyl groups is 2. The molecule has 39 heavy (non-hydrogen) atoms. The third-order valence-corrected chi connectivity index (χ3v) is 6.39. The highest BCUT2D eigenvalue weighted by atomic mass is 16.5. The first-order valence-corrected chi connectivity index (χ1v) is 12.6. The number of H-pyrrole nitrogens is 1. The number of ketones is 1. The molecule has 0 spiro atoms. The number of nitrogens with one attached hydrogen (secondary N) is 2. The molecule has 10 nitrogen and oxygen atoms in total. The minimum Gasteiger partial charge on any atom is -0.507 e. The maximum Gasteiger partial charge on any atom is 0.262 e. The Labute approximate surface area is 228 Å². The molecule has 0 radical (unpaired) electrons. The van der Waals surface area contributed by atoms with Gasteiger partial charge >= 0.3 is 0 Å². The number of aromatic nitrogens is 1. The number of aromatic hydroxyl groups is 1. The van der Waals surface area contributed by atoms with Crippen molar-refractivity contribution in [2.75, 3.05) is 13.7 Å². The van der Waals surface area contributed by atoms with Crippen LogP contribution in [0.2, 0.25) is 0 Å². The van der Waals surface area contributed by atoms with Gasteiger partial charge in [0.25, 0.3) is 5.56 Å². The summed E-state index contributed by atoms with van der Waals surface area (Å²) in [6, 6.07) is 1.23. The highest BCUT2D eigenvalue weighted by Gasteiger charge is 2.46. The predicted octanol–water partition coefficient (Wildman–Crippen LogP) is 2.10. The van der Waals surface area contributed by atoms with E-state index < -0.39 is 41.5 Å². The molecule has 10 heteroatoms. The molecule has 6 atom stereocenters. The third-order valence-electron chi connectivity index (χ3n) is 6.39. The van der Waals surface area contributed by atoms with Crippen molar-refractivity contribution in [1.29, 1.82) is 0 Å². The molecule has 1 amide bonds. The van der Waals surface area contributed by atoms with Crippen LogP contribution in [0.15, 0.2) is 76.8 Å². The molecule has 2 rings (SSSR count). The molecule has 1 aromatic heterocycles. The molecule has 0 bridgehead atoms. The average molecular weight is 543 g/mol. The monoisotopic (exact) mass is 542 g/mol. The number of rotatable bonds is 12. The number of methoxy groups -OCH3 is 1. The van der Waals surface area contributed by atoms with Crippen molar-refractivity contribution in [2.24, 2.45) is 5.92 Å². The van der Waals surface area contributed by atoms with Gasteiger partial charge in [0.05, 0.1) is 12.2 Å².